The van der Waals surface area contributed by atoms with Crippen LogP contribution in [0.2, 0.25) is 0 Å². The lowest BCUT2D eigenvalue weighted by atomic mass is 9.33. The van der Waals surface area contributed by atoms with Gasteiger partial charge in [0, 0.05) is 61.4 Å². The maximum atomic E-state index is 2.63. The Morgan fingerprint density at radius 2 is 0.673 bits per heavy atom. The number of anilines is 6. The number of hydrogen-bond acceptors (Lipinski definition) is 2. The van der Waals surface area contributed by atoms with Gasteiger partial charge < -0.3 is 18.9 Å². The summed E-state index contributed by atoms with van der Waals surface area (Å²) >= 11 is 0. The minimum atomic E-state index is -0.158. The Morgan fingerprint density at radius 3 is 1.22 bits per heavy atom. The first-order valence-electron chi connectivity index (χ1n) is 36.4. The fourth-order valence-electron chi connectivity index (χ4n) is 19.6. The SMILES string of the molecule is CC(C)(C)c1ccccc1-c1ccc2c(c1)N(c1ccc(-c3ccc4c(c3)C(C)(C)CC4(C)C)cc1)c1cc(-n3c4ccccc4c4ccccc43)cc3c1B2c1ccc(-n2c4ccccc4c4cc(-c5ccccc5)ccc42)cc1N3c1ccc(-c2ccc3c(c2)C(C)(C)CC3(C)C)cc1. The zero-order valence-electron chi connectivity index (χ0n) is 59.8. The molecule has 0 unspecified atom stereocenters. The summed E-state index contributed by atoms with van der Waals surface area (Å²) in [5, 5.41) is 4.92. The molecule has 0 spiro atoms. The minimum absolute atomic E-state index is 0.0750. The fraction of sp³-hybridized carbons (Fsp3) is 0.188. The number of nitrogens with zero attached hydrogens (tertiary/aromatic N) is 4. The lowest BCUT2D eigenvalue weighted by Gasteiger charge is -2.45. The van der Waals surface area contributed by atoms with Crippen molar-refractivity contribution in [2.24, 2.45) is 0 Å². The van der Waals surface area contributed by atoms with Crippen LogP contribution in [0.15, 0.2) is 279 Å². The Bertz CT molecular complexity index is 5890. The van der Waals surface area contributed by atoms with Gasteiger partial charge in [-0.25, -0.2) is 0 Å². The predicted molar refractivity (Wildman–Crippen MR) is 431 cm³/mol. The van der Waals surface area contributed by atoms with E-state index in [0.29, 0.717) is 0 Å². The number of para-hydroxylation sites is 3. The van der Waals surface area contributed by atoms with E-state index in [9.17, 15) is 0 Å². The van der Waals surface area contributed by atoms with Crippen LogP contribution in [0.3, 0.4) is 0 Å². The lowest BCUT2D eigenvalue weighted by Crippen LogP contribution is -2.61. The molecule has 4 nitrogen and oxygen atoms in total. The van der Waals surface area contributed by atoms with E-state index in [1.807, 2.05) is 0 Å². The summed E-state index contributed by atoms with van der Waals surface area (Å²) in [7, 11) is 0. The van der Waals surface area contributed by atoms with Crippen molar-refractivity contribution in [3.8, 4) is 55.9 Å². The highest BCUT2D eigenvalue weighted by Gasteiger charge is 2.46. The van der Waals surface area contributed by atoms with E-state index in [2.05, 4.69) is 374 Å². The molecule has 0 atom stereocenters. The van der Waals surface area contributed by atoms with E-state index in [4.69, 9.17) is 0 Å². The largest absolute Gasteiger partial charge is 0.311 e. The molecule has 2 aliphatic carbocycles. The molecular formula is C96H83BN4. The molecule has 13 aromatic carbocycles. The van der Waals surface area contributed by atoms with Crippen LogP contribution in [0.5, 0.6) is 0 Å². The van der Waals surface area contributed by atoms with Crippen LogP contribution < -0.4 is 26.2 Å². The molecule has 0 bridgehead atoms. The van der Waals surface area contributed by atoms with Crippen molar-refractivity contribution in [1.29, 1.82) is 0 Å². The van der Waals surface area contributed by atoms with Crippen molar-refractivity contribution in [1.82, 2.24) is 9.13 Å². The van der Waals surface area contributed by atoms with Crippen LogP contribution in [-0.4, -0.2) is 15.8 Å². The molecule has 0 fully saturated rings. The van der Waals surface area contributed by atoms with E-state index >= 15 is 0 Å². The van der Waals surface area contributed by atoms with Gasteiger partial charge in [-0.3, -0.25) is 0 Å². The standard InChI is InChI=1S/C96H83BN4/c1-92(2,3)76-29-19-15-25-71(76)66-39-48-81-87(54-66)98(67-41-33-61(34-42-67)64-37-46-77-79(52-64)95(8,9)58-93(77,4)5)89-56-70(101-83-30-20-16-26-72(83)73-27-17-21-31-84(73)101)57-90-91(89)97(81)82-49-45-69(100-85-32-22-18-28-74(85)75-51-63(40-50-86(75)100)60-23-13-12-14-24-60)55-88(82)99(90)68-43-35-62(36-44-68)65-38-47-78-80(53-65)96(10,11)59-94(78,6)7/h12-57H,58-59H2,1-11H3. The van der Waals surface area contributed by atoms with Crippen LogP contribution in [0.4, 0.5) is 34.1 Å². The first-order valence-corrected chi connectivity index (χ1v) is 36.4. The number of fused-ring (bicyclic) bond motifs is 12. The highest BCUT2D eigenvalue weighted by atomic mass is 15.2. The van der Waals surface area contributed by atoms with E-state index in [1.165, 1.54) is 138 Å². The van der Waals surface area contributed by atoms with Gasteiger partial charge in [-0.15, -0.1) is 0 Å². The highest BCUT2D eigenvalue weighted by Crippen LogP contribution is 2.54. The highest BCUT2D eigenvalue weighted by molar-refractivity contribution is 7.00. The van der Waals surface area contributed by atoms with Gasteiger partial charge in [0.1, 0.15) is 0 Å². The summed E-state index contributed by atoms with van der Waals surface area (Å²) in [6.07, 6.45) is 2.26. The van der Waals surface area contributed by atoms with Crippen molar-refractivity contribution < 1.29 is 0 Å². The average molecular weight is 1300 g/mol. The summed E-state index contributed by atoms with van der Waals surface area (Å²) in [6, 6.07) is 107. The third kappa shape index (κ3) is 9.41. The van der Waals surface area contributed by atoms with Crippen LogP contribution in [0.25, 0.3) is 99.5 Å². The van der Waals surface area contributed by atoms with Crippen LogP contribution in [0, 0.1) is 0 Å². The quantitative estimate of drug-likeness (QED) is 0.141. The van der Waals surface area contributed by atoms with Crippen LogP contribution in [0.1, 0.15) is 117 Å². The number of aromatic nitrogens is 2. The van der Waals surface area contributed by atoms with Gasteiger partial charge in [0.2, 0.25) is 0 Å². The Hall–Kier alpha value is -10.9. The van der Waals surface area contributed by atoms with Gasteiger partial charge in [0.05, 0.1) is 27.8 Å². The third-order valence-electron chi connectivity index (χ3n) is 23.6. The maximum Gasteiger partial charge on any atom is 0.252 e. The molecule has 490 valence electrons. The lowest BCUT2D eigenvalue weighted by molar-refractivity contribution is 0.402. The Balaban J connectivity index is 0.889. The second-order valence-electron chi connectivity index (χ2n) is 33.1. The molecule has 0 amide bonds. The molecule has 0 saturated carbocycles. The molecule has 4 heterocycles. The molecule has 15 aromatic rings. The summed E-state index contributed by atoms with van der Waals surface area (Å²) in [4.78, 5) is 5.25. The molecule has 2 aliphatic heterocycles. The minimum Gasteiger partial charge on any atom is -0.311 e. The molecule has 5 heteroatoms. The zero-order valence-corrected chi connectivity index (χ0v) is 59.8. The molecule has 19 rings (SSSR count). The molecule has 0 saturated heterocycles. The fourth-order valence-corrected chi connectivity index (χ4v) is 19.6. The summed E-state index contributed by atoms with van der Waals surface area (Å²) < 4.78 is 5.04. The van der Waals surface area contributed by atoms with Crippen molar-refractivity contribution in [2.45, 2.75) is 116 Å². The van der Waals surface area contributed by atoms with Crippen LogP contribution >= 0.6 is 0 Å². The number of rotatable bonds is 8. The molecule has 0 radical (unpaired) electrons. The second-order valence-corrected chi connectivity index (χ2v) is 33.1. The summed E-state index contributed by atoms with van der Waals surface area (Å²) in [5.41, 5.74) is 34.8. The second kappa shape index (κ2) is 21.8. The van der Waals surface area contributed by atoms with Crippen molar-refractivity contribution in [2.75, 3.05) is 9.80 Å². The predicted octanol–water partition coefficient (Wildman–Crippen LogP) is 23.8. The average Bonchev–Trinajstić information content (AvgIpc) is 1.19. The zero-order chi connectivity index (χ0) is 68.8. The first-order chi connectivity index (χ1) is 48.7. The summed E-state index contributed by atoms with van der Waals surface area (Å²) in [6.45, 7) is 26.2. The van der Waals surface area contributed by atoms with Crippen molar-refractivity contribution >= 4 is 101 Å². The van der Waals surface area contributed by atoms with Gasteiger partial charge >= 0.3 is 0 Å². The van der Waals surface area contributed by atoms with E-state index in [0.717, 1.165) is 52.7 Å². The monoisotopic (exact) mass is 1300 g/mol. The van der Waals surface area contributed by atoms with Gasteiger partial charge in [-0.1, -0.05) is 270 Å². The maximum absolute atomic E-state index is 2.63. The Labute approximate surface area is 594 Å². The van der Waals surface area contributed by atoms with Crippen molar-refractivity contribution in [3.05, 3.63) is 307 Å². The Kier molecular flexibility index (Phi) is 13.2. The summed E-state index contributed by atoms with van der Waals surface area (Å²) in [5.74, 6) is 0. The molecule has 2 aromatic heterocycles. The molecular weight excluding hydrogens is 1220 g/mol. The smallest absolute Gasteiger partial charge is 0.252 e. The topological polar surface area (TPSA) is 16.3 Å². The van der Waals surface area contributed by atoms with Crippen molar-refractivity contribution in [3.63, 3.8) is 0 Å². The first kappa shape index (κ1) is 61.2. The molecule has 0 N–H and O–H groups in total. The Morgan fingerprint density at radius 1 is 0.287 bits per heavy atom. The van der Waals surface area contributed by atoms with Gasteiger partial charge in [-0.05, 0) is 214 Å². The van der Waals surface area contributed by atoms with Gasteiger partial charge in [-0.2, -0.15) is 0 Å². The molecule has 4 aliphatic rings. The van der Waals surface area contributed by atoms with Crippen LogP contribution in [-0.2, 0) is 27.1 Å². The van der Waals surface area contributed by atoms with E-state index in [-0.39, 0.29) is 33.8 Å². The number of hydrogen-bond donors (Lipinski definition) is 0. The van der Waals surface area contributed by atoms with E-state index < -0.39 is 0 Å². The van der Waals surface area contributed by atoms with Gasteiger partial charge in [0.25, 0.3) is 6.71 Å². The third-order valence-corrected chi connectivity index (χ3v) is 23.6. The van der Waals surface area contributed by atoms with E-state index in [1.54, 1.807) is 0 Å². The molecule has 101 heavy (non-hydrogen) atoms. The number of benzene rings is 13. The van der Waals surface area contributed by atoms with Gasteiger partial charge in [0.15, 0.2) is 0 Å². The normalized spacial score (nSPS) is 15.9.